The molecule has 0 spiro atoms. The summed E-state index contributed by atoms with van der Waals surface area (Å²) in [4.78, 5) is 0. The van der Waals surface area contributed by atoms with Crippen LogP contribution in [-0.4, -0.2) is 35.9 Å². The number of hydrogen-bond donors (Lipinski definition) is 1. The third kappa shape index (κ3) is 3.33. The fourth-order valence-corrected chi connectivity index (χ4v) is 2.86. The maximum atomic E-state index is 9.70. The van der Waals surface area contributed by atoms with E-state index in [2.05, 4.69) is 0 Å². The number of rotatable bonds is 5. The van der Waals surface area contributed by atoms with Crippen molar-refractivity contribution >= 4 is 11.8 Å². The van der Waals surface area contributed by atoms with Crippen molar-refractivity contribution in [1.82, 2.24) is 0 Å². The largest absolute Gasteiger partial charge is 0.392 e. The third-order valence-corrected chi connectivity index (χ3v) is 3.74. The van der Waals surface area contributed by atoms with Crippen LogP contribution in [-0.2, 0) is 4.74 Å². The van der Waals surface area contributed by atoms with Crippen molar-refractivity contribution in [1.29, 1.82) is 0 Å². The van der Waals surface area contributed by atoms with E-state index >= 15 is 0 Å². The van der Waals surface area contributed by atoms with E-state index in [0.717, 1.165) is 19.4 Å². The number of aliphatic hydroxyl groups is 1. The van der Waals surface area contributed by atoms with Gasteiger partial charge in [-0.2, -0.15) is 11.8 Å². The van der Waals surface area contributed by atoms with Gasteiger partial charge in [-0.15, -0.1) is 0 Å². The molecule has 1 rings (SSSR count). The number of aliphatic hydroxyl groups excluding tert-OH is 1. The molecule has 1 aliphatic rings. The van der Waals surface area contributed by atoms with Gasteiger partial charge >= 0.3 is 0 Å². The topological polar surface area (TPSA) is 29.5 Å². The Morgan fingerprint density at radius 3 is 3.08 bits per heavy atom. The summed E-state index contributed by atoms with van der Waals surface area (Å²) in [7, 11) is 1.71. The van der Waals surface area contributed by atoms with Crippen LogP contribution in [0.5, 0.6) is 0 Å². The Bertz CT molecular complexity index is 113. The molecular formula is C9H18O2S. The van der Waals surface area contributed by atoms with Crippen molar-refractivity contribution in [2.45, 2.75) is 37.0 Å². The molecule has 0 aliphatic carbocycles. The lowest BCUT2D eigenvalue weighted by atomic mass is 10.1. The van der Waals surface area contributed by atoms with Crippen LogP contribution in [0.15, 0.2) is 0 Å². The SMILES string of the molecule is COCCCC(O)C1CCCS1. The van der Waals surface area contributed by atoms with Gasteiger partial charge in [-0.1, -0.05) is 0 Å². The summed E-state index contributed by atoms with van der Waals surface area (Å²) >= 11 is 1.92. The summed E-state index contributed by atoms with van der Waals surface area (Å²) in [6, 6.07) is 0. The first-order valence-electron chi connectivity index (χ1n) is 4.63. The van der Waals surface area contributed by atoms with E-state index in [9.17, 15) is 5.11 Å². The second-order valence-corrected chi connectivity index (χ2v) is 4.60. The number of thioether (sulfide) groups is 1. The Kier molecular flexibility index (Phi) is 5.04. The van der Waals surface area contributed by atoms with Crippen LogP contribution >= 0.6 is 11.8 Å². The Morgan fingerprint density at radius 1 is 1.67 bits per heavy atom. The Morgan fingerprint density at radius 2 is 2.50 bits per heavy atom. The molecule has 1 heterocycles. The lowest BCUT2D eigenvalue weighted by Crippen LogP contribution is -2.20. The van der Waals surface area contributed by atoms with Crippen molar-refractivity contribution in [2.75, 3.05) is 19.5 Å². The van der Waals surface area contributed by atoms with E-state index in [-0.39, 0.29) is 6.10 Å². The zero-order chi connectivity index (χ0) is 8.81. The predicted octanol–water partition coefficient (Wildman–Crippen LogP) is 1.67. The highest BCUT2D eigenvalue weighted by Crippen LogP contribution is 2.30. The predicted molar refractivity (Wildman–Crippen MR) is 52.6 cm³/mol. The average molecular weight is 190 g/mol. The van der Waals surface area contributed by atoms with Crippen molar-refractivity contribution < 1.29 is 9.84 Å². The lowest BCUT2D eigenvalue weighted by molar-refractivity contribution is 0.132. The molecule has 1 fully saturated rings. The Balaban J connectivity index is 2.05. The molecule has 0 aromatic heterocycles. The molecule has 0 radical (unpaired) electrons. The molecule has 0 bridgehead atoms. The van der Waals surface area contributed by atoms with E-state index in [1.807, 2.05) is 11.8 Å². The van der Waals surface area contributed by atoms with Gasteiger partial charge in [-0.3, -0.25) is 0 Å². The first-order chi connectivity index (χ1) is 5.84. The van der Waals surface area contributed by atoms with Crippen LogP contribution in [0.2, 0.25) is 0 Å². The van der Waals surface area contributed by atoms with Gasteiger partial charge in [0.1, 0.15) is 0 Å². The first-order valence-corrected chi connectivity index (χ1v) is 5.68. The minimum Gasteiger partial charge on any atom is -0.392 e. The molecular weight excluding hydrogens is 172 g/mol. The summed E-state index contributed by atoms with van der Waals surface area (Å²) in [5.41, 5.74) is 0. The molecule has 3 heteroatoms. The van der Waals surface area contributed by atoms with Gasteiger partial charge in [-0.25, -0.2) is 0 Å². The Hall–Kier alpha value is 0.270. The highest BCUT2D eigenvalue weighted by atomic mass is 32.2. The number of methoxy groups -OCH3 is 1. The van der Waals surface area contributed by atoms with E-state index in [0.29, 0.717) is 5.25 Å². The normalized spacial score (nSPS) is 26.0. The van der Waals surface area contributed by atoms with E-state index in [4.69, 9.17) is 4.74 Å². The van der Waals surface area contributed by atoms with Gasteiger partial charge in [0.25, 0.3) is 0 Å². The summed E-state index contributed by atoms with van der Waals surface area (Å²) in [5.74, 6) is 1.23. The van der Waals surface area contributed by atoms with Gasteiger partial charge in [-0.05, 0) is 31.4 Å². The second kappa shape index (κ2) is 5.84. The summed E-state index contributed by atoms with van der Waals surface area (Å²) in [5, 5.41) is 10.2. The van der Waals surface area contributed by atoms with Crippen LogP contribution in [0, 0.1) is 0 Å². The smallest absolute Gasteiger partial charge is 0.0659 e. The fourth-order valence-electron chi connectivity index (χ4n) is 1.53. The van der Waals surface area contributed by atoms with Crippen molar-refractivity contribution in [3.8, 4) is 0 Å². The van der Waals surface area contributed by atoms with Gasteiger partial charge in [0.05, 0.1) is 6.10 Å². The number of ether oxygens (including phenoxy) is 1. The third-order valence-electron chi connectivity index (χ3n) is 2.24. The monoisotopic (exact) mass is 190 g/mol. The van der Waals surface area contributed by atoms with E-state index < -0.39 is 0 Å². The molecule has 0 aromatic carbocycles. The summed E-state index contributed by atoms with van der Waals surface area (Å²) in [6.45, 7) is 0.772. The molecule has 1 N–H and O–H groups in total. The Labute approximate surface area is 78.7 Å². The summed E-state index contributed by atoms with van der Waals surface area (Å²) in [6.07, 6.45) is 4.24. The van der Waals surface area contributed by atoms with Crippen molar-refractivity contribution in [3.63, 3.8) is 0 Å². The van der Waals surface area contributed by atoms with Crippen LogP contribution in [0.3, 0.4) is 0 Å². The maximum absolute atomic E-state index is 9.70. The van der Waals surface area contributed by atoms with Crippen LogP contribution in [0.1, 0.15) is 25.7 Å². The van der Waals surface area contributed by atoms with Gasteiger partial charge in [0.2, 0.25) is 0 Å². The highest BCUT2D eigenvalue weighted by molar-refractivity contribution is 8.00. The zero-order valence-electron chi connectivity index (χ0n) is 7.66. The lowest BCUT2D eigenvalue weighted by Gasteiger charge is -2.16. The fraction of sp³-hybridized carbons (Fsp3) is 1.00. The molecule has 2 nitrogen and oxygen atoms in total. The molecule has 0 aromatic rings. The second-order valence-electron chi connectivity index (χ2n) is 3.25. The first kappa shape index (κ1) is 10.4. The zero-order valence-corrected chi connectivity index (χ0v) is 8.48. The van der Waals surface area contributed by atoms with Crippen LogP contribution < -0.4 is 0 Å². The quantitative estimate of drug-likeness (QED) is 0.669. The van der Waals surface area contributed by atoms with Crippen LogP contribution in [0.25, 0.3) is 0 Å². The van der Waals surface area contributed by atoms with Crippen molar-refractivity contribution in [2.24, 2.45) is 0 Å². The molecule has 2 unspecified atom stereocenters. The molecule has 0 amide bonds. The maximum Gasteiger partial charge on any atom is 0.0659 e. The van der Waals surface area contributed by atoms with Gasteiger partial charge in [0.15, 0.2) is 0 Å². The van der Waals surface area contributed by atoms with E-state index in [1.54, 1.807) is 7.11 Å². The number of hydrogen-bond acceptors (Lipinski definition) is 3. The molecule has 1 saturated heterocycles. The highest BCUT2D eigenvalue weighted by Gasteiger charge is 2.22. The van der Waals surface area contributed by atoms with Crippen LogP contribution in [0.4, 0.5) is 0 Å². The molecule has 1 aliphatic heterocycles. The standard InChI is InChI=1S/C9H18O2S/c1-11-6-2-4-8(10)9-5-3-7-12-9/h8-10H,2-7H2,1H3. The van der Waals surface area contributed by atoms with Crippen molar-refractivity contribution in [3.05, 3.63) is 0 Å². The summed E-state index contributed by atoms with van der Waals surface area (Å²) < 4.78 is 4.94. The minimum atomic E-state index is -0.104. The molecule has 0 saturated carbocycles. The minimum absolute atomic E-state index is 0.104. The van der Waals surface area contributed by atoms with E-state index in [1.165, 1.54) is 18.6 Å². The van der Waals surface area contributed by atoms with Gasteiger partial charge < -0.3 is 9.84 Å². The molecule has 2 atom stereocenters. The average Bonchev–Trinajstić information content (AvgIpc) is 2.56. The van der Waals surface area contributed by atoms with Gasteiger partial charge in [0, 0.05) is 19.0 Å². The molecule has 72 valence electrons. The molecule has 12 heavy (non-hydrogen) atoms.